The fraction of sp³-hybridized carbons (Fsp3) is 0.400. The Morgan fingerprint density at radius 2 is 1.92 bits per heavy atom. The van der Waals surface area contributed by atoms with E-state index in [2.05, 4.69) is 0 Å². The zero-order valence-electron chi connectivity index (χ0n) is 14.8. The first-order chi connectivity index (χ1) is 12.6. The molecule has 1 fully saturated rings. The van der Waals surface area contributed by atoms with Gasteiger partial charge in [-0.3, -0.25) is 9.59 Å². The zero-order chi connectivity index (χ0) is 18.1. The lowest BCUT2D eigenvalue weighted by Crippen LogP contribution is -2.38. The predicted molar refractivity (Wildman–Crippen MR) is 96.4 cm³/mol. The third-order valence-electron chi connectivity index (χ3n) is 5.17. The minimum Gasteiger partial charge on any atom is -0.454 e. The number of ether oxygens (including phenoxy) is 2. The first kappa shape index (κ1) is 16.7. The highest BCUT2D eigenvalue weighted by Gasteiger charge is 2.28. The normalized spacial score (nSPS) is 16.0. The van der Waals surface area contributed by atoms with Crippen LogP contribution in [0.25, 0.3) is 0 Å². The highest BCUT2D eigenvalue weighted by molar-refractivity contribution is 5.94. The summed E-state index contributed by atoms with van der Waals surface area (Å²) in [5.74, 6) is 1.36. The van der Waals surface area contributed by atoms with Crippen molar-refractivity contribution in [1.29, 1.82) is 0 Å². The van der Waals surface area contributed by atoms with Crippen molar-refractivity contribution >= 4 is 5.91 Å². The molecule has 0 atom stereocenters. The lowest BCUT2D eigenvalue weighted by molar-refractivity contribution is 0.0664. The molecule has 0 radical (unpaired) electrons. The summed E-state index contributed by atoms with van der Waals surface area (Å²) in [6.45, 7) is 0.729. The molecule has 0 bridgehead atoms. The maximum Gasteiger partial charge on any atom is 0.254 e. The van der Waals surface area contributed by atoms with Crippen LogP contribution in [0, 0.1) is 0 Å². The average Bonchev–Trinajstić information content (AvgIpc) is 3.32. The number of fused-ring (bicyclic) bond motifs is 1. The number of nitrogens with zero attached hydrogens (tertiary/aromatic N) is 2. The van der Waals surface area contributed by atoms with Crippen LogP contribution in [0.1, 0.15) is 41.6 Å². The van der Waals surface area contributed by atoms with Gasteiger partial charge in [0.15, 0.2) is 11.5 Å². The summed E-state index contributed by atoms with van der Waals surface area (Å²) < 4.78 is 12.3. The molecule has 4 rings (SSSR count). The Morgan fingerprint density at radius 3 is 2.69 bits per heavy atom. The van der Waals surface area contributed by atoms with Crippen molar-refractivity contribution < 1.29 is 14.3 Å². The van der Waals surface area contributed by atoms with Crippen LogP contribution in [-0.4, -0.2) is 28.2 Å². The summed E-state index contributed by atoms with van der Waals surface area (Å²) in [5.41, 5.74) is 1.27. The molecule has 136 valence electrons. The maximum atomic E-state index is 13.2. The number of aryl methyl sites for hydroxylation is 1. The molecule has 1 saturated carbocycles. The molecular formula is C20H22N2O4. The van der Waals surface area contributed by atoms with Gasteiger partial charge in [0.05, 0.1) is 0 Å². The van der Waals surface area contributed by atoms with Crippen LogP contribution in [0.2, 0.25) is 0 Å². The topological polar surface area (TPSA) is 60.8 Å². The van der Waals surface area contributed by atoms with Gasteiger partial charge in [-0.15, -0.1) is 0 Å². The molecule has 6 heteroatoms. The van der Waals surface area contributed by atoms with Crippen LogP contribution in [0.4, 0.5) is 0 Å². The Kier molecular flexibility index (Phi) is 4.41. The number of benzene rings is 1. The van der Waals surface area contributed by atoms with Crippen LogP contribution < -0.4 is 15.0 Å². The standard InChI is InChI=1S/C20H22N2O4/c1-21-9-8-15(11-19(21)23)20(24)22(16-4-2-3-5-16)12-14-6-7-17-18(10-14)26-13-25-17/h6-11,16H,2-5,12-13H2,1H3. The lowest BCUT2D eigenvalue weighted by Gasteiger charge is -2.29. The van der Waals surface area contributed by atoms with Gasteiger partial charge >= 0.3 is 0 Å². The third-order valence-corrected chi connectivity index (χ3v) is 5.17. The molecule has 2 aliphatic rings. The molecule has 26 heavy (non-hydrogen) atoms. The van der Waals surface area contributed by atoms with Gasteiger partial charge in [0.2, 0.25) is 6.79 Å². The van der Waals surface area contributed by atoms with E-state index in [0.29, 0.717) is 12.1 Å². The summed E-state index contributed by atoms with van der Waals surface area (Å²) in [6.07, 6.45) is 5.91. The summed E-state index contributed by atoms with van der Waals surface area (Å²) in [7, 11) is 1.68. The molecule has 2 heterocycles. The van der Waals surface area contributed by atoms with E-state index in [0.717, 1.165) is 42.7 Å². The number of aromatic nitrogens is 1. The summed E-state index contributed by atoms with van der Waals surface area (Å²) >= 11 is 0. The molecule has 0 N–H and O–H groups in total. The molecular weight excluding hydrogens is 332 g/mol. The minimum atomic E-state index is -0.176. The van der Waals surface area contributed by atoms with Gasteiger partial charge in [-0.2, -0.15) is 0 Å². The van der Waals surface area contributed by atoms with Gasteiger partial charge in [-0.05, 0) is 36.6 Å². The maximum absolute atomic E-state index is 13.2. The van der Waals surface area contributed by atoms with Gasteiger partial charge in [-0.1, -0.05) is 18.9 Å². The van der Waals surface area contributed by atoms with E-state index in [-0.39, 0.29) is 24.3 Å². The van der Waals surface area contributed by atoms with E-state index in [9.17, 15) is 9.59 Å². The van der Waals surface area contributed by atoms with Gasteiger partial charge in [0, 0.05) is 37.5 Å². The van der Waals surface area contributed by atoms with Crippen LogP contribution in [-0.2, 0) is 13.6 Å². The predicted octanol–water partition coefficient (Wildman–Crippen LogP) is 2.70. The second-order valence-corrected chi connectivity index (χ2v) is 6.92. The third kappa shape index (κ3) is 3.19. The summed E-state index contributed by atoms with van der Waals surface area (Å²) in [6, 6.07) is 9.12. The molecule has 6 nitrogen and oxygen atoms in total. The Labute approximate surface area is 152 Å². The Balaban J connectivity index is 1.62. The number of rotatable bonds is 4. The first-order valence-electron chi connectivity index (χ1n) is 8.98. The van der Waals surface area contributed by atoms with Gasteiger partial charge in [0.25, 0.3) is 11.5 Å². The van der Waals surface area contributed by atoms with Crippen molar-refractivity contribution in [2.24, 2.45) is 7.05 Å². The minimum absolute atomic E-state index is 0.0905. The largest absolute Gasteiger partial charge is 0.454 e. The van der Waals surface area contributed by atoms with Crippen molar-refractivity contribution in [2.75, 3.05) is 6.79 Å². The Bertz CT molecular complexity index is 884. The monoisotopic (exact) mass is 354 g/mol. The van der Waals surface area contributed by atoms with Gasteiger partial charge in [0.1, 0.15) is 0 Å². The van der Waals surface area contributed by atoms with Crippen LogP contribution in [0.15, 0.2) is 41.3 Å². The molecule has 0 unspecified atom stereocenters. The zero-order valence-corrected chi connectivity index (χ0v) is 14.8. The lowest BCUT2D eigenvalue weighted by atomic mass is 10.1. The van der Waals surface area contributed by atoms with E-state index in [1.54, 1.807) is 19.3 Å². The number of carbonyl (C=O) groups excluding carboxylic acids is 1. The quantitative estimate of drug-likeness (QED) is 0.847. The highest BCUT2D eigenvalue weighted by Crippen LogP contribution is 2.34. The molecule has 1 aliphatic carbocycles. The van der Waals surface area contributed by atoms with Crippen LogP contribution in [0.3, 0.4) is 0 Å². The van der Waals surface area contributed by atoms with Crippen molar-refractivity contribution in [3.8, 4) is 11.5 Å². The second-order valence-electron chi connectivity index (χ2n) is 6.92. The second kappa shape index (κ2) is 6.86. The molecule has 1 aliphatic heterocycles. The molecule has 1 amide bonds. The molecule has 2 aromatic rings. The van der Waals surface area contributed by atoms with Crippen molar-refractivity contribution in [3.63, 3.8) is 0 Å². The number of hydrogen-bond acceptors (Lipinski definition) is 4. The average molecular weight is 354 g/mol. The van der Waals surface area contributed by atoms with E-state index in [4.69, 9.17) is 9.47 Å². The molecule has 1 aromatic heterocycles. The molecule has 0 saturated heterocycles. The fourth-order valence-corrected chi connectivity index (χ4v) is 3.67. The van der Waals surface area contributed by atoms with Crippen molar-refractivity contribution in [1.82, 2.24) is 9.47 Å². The molecule has 0 spiro atoms. The summed E-state index contributed by atoms with van der Waals surface area (Å²) in [5, 5.41) is 0. The SMILES string of the molecule is Cn1ccc(C(=O)N(Cc2ccc3c(c2)OCO3)C2CCCC2)cc1=O. The number of pyridine rings is 1. The molecule has 1 aromatic carbocycles. The van der Waals surface area contributed by atoms with Gasteiger partial charge in [-0.25, -0.2) is 0 Å². The van der Waals surface area contributed by atoms with Crippen LogP contribution >= 0.6 is 0 Å². The van der Waals surface area contributed by atoms with E-state index >= 15 is 0 Å². The fourth-order valence-electron chi connectivity index (χ4n) is 3.67. The first-order valence-corrected chi connectivity index (χ1v) is 8.98. The summed E-state index contributed by atoms with van der Waals surface area (Å²) in [4.78, 5) is 27.0. The van der Waals surface area contributed by atoms with E-state index in [1.165, 1.54) is 10.6 Å². The van der Waals surface area contributed by atoms with E-state index in [1.807, 2.05) is 23.1 Å². The highest BCUT2D eigenvalue weighted by atomic mass is 16.7. The smallest absolute Gasteiger partial charge is 0.254 e. The Morgan fingerprint density at radius 1 is 1.15 bits per heavy atom. The van der Waals surface area contributed by atoms with Crippen molar-refractivity contribution in [2.45, 2.75) is 38.3 Å². The van der Waals surface area contributed by atoms with E-state index < -0.39 is 0 Å². The number of carbonyl (C=O) groups is 1. The van der Waals surface area contributed by atoms with Gasteiger partial charge < -0.3 is 18.9 Å². The Hall–Kier alpha value is -2.76. The number of amides is 1. The van der Waals surface area contributed by atoms with Crippen molar-refractivity contribution in [3.05, 3.63) is 58.0 Å². The number of hydrogen-bond donors (Lipinski definition) is 0. The van der Waals surface area contributed by atoms with Crippen LogP contribution in [0.5, 0.6) is 11.5 Å².